The molecule has 6 atom stereocenters. The van der Waals surface area contributed by atoms with Crippen molar-refractivity contribution in [2.45, 2.75) is 33.1 Å². The van der Waals surface area contributed by atoms with E-state index in [0.717, 1.165) is 36.1 Å². The van der Waals surface area contributed by atoms with E-state index in [1.807, 2.05) is 18.2 Å². The van der Waals surface area contributed by atoms with Gasteiger partial charge in [-0.15, -0.1) is 0 Å². The predicted molar refractivity (Wildman–Crippen MR) is 127 cm³/mol. The summed E-state index contributed by atoms with van der Waals surface area (Å²) in [5.41, 5.74) is 3.73. The molecular formula is C28H28N2O3. The van der Waals surface area contributed by atoms with Gasteiger partial charge in [0.15, 0.2) is 0 Å². The number of benzene rings is 2. The lowest BCUT2D eigenvalue weighted by atomic mass is 9.63. The van der Waals surface area contributed by atoms with Crippen molar-refractivity contribution >= 4 is 29.1 Å². The molecule has 0 spiro atoms. The standard InChI is InChI=1S/C28H28N2O3/c1-3-15-8-7-9-16(4-2)25(15)29-26(31)19-10-5-6-11-22(19)30-27(32)23-17-12-13-18(21-14-20(17)21)24(23)28(30)33/h5-13,17-18,20-21,23-24H,3-4,14H2,1-2H3,(H,29,31)/t17-,18-,20-,21-,23-,24+/m0/s1. The lowest BCUT2D eigenvalue weighted by Crippen LogP contribution is -2.40. The number of hydrogen-bond donors (Lipinski definition) is 1. The molecule has 5 heteroatoms. The van der Waals surface area contributed by atoms with Gasteiger partial charge in [-0.05, 0) is 66.2 Å². The van der Waals surface area contributed by atoms with E-state index in [1.165, 1.54) is 4.90 Å². The van der Waals surface area contributed by atoms with Gasteiger partial charge in [-0.25, -0.2) is 4.90 Å². The number of rotatable bonds is 5. The Kier molecular flexibility index (Phi) is 4.58. The number of anilines is 2. The van der Waals surface area contributed by atoms with Crippen molar-refractivity contribution in [1.29, 1.82) is 0 Å². The molecule has 4 aliphatic carbocycles. The van der Waals surface area contributed by atoms with Crippen LogP contribution in [0.1, 0.15) is 41.8 Å². The fourth-order valence-corrected chi connectivity index (χ4v) is 6.64. The molecule has 168 valence electrons. The summed E-state index contributed by atoms with van der Waals surface area (Å²) in [5.74, 6) is 0.299. The molecule has 7 rings (SSSR count). The number of para-hydroxylation sites is 2. The van der Waals surface area contributed by atoms with Gasteiger partial charge in [0.1, 0.15) is 0 Å². The van der Waals surface area contributed by atoms with Crippen LogP contribution in [-0.4, -0.2) is 17.7 Å². The number of carbonyl (C=O) groups excluding carboxylic acids is 3. The van der Waals surface area contributed by atoms with E-state index in [0.29, 0.717) is 23.1 Å². The Balaban J connectivity index is 1.35. The third kappa shape index (κ3) is 2.87. The molecule has 3 amide bonds. The average molecular weight is 441 g/mol. The van der Waals surface area contributed by atoms with Crippen LogP contribution in [0.4, 0.5) is 11.4 Å². The molecule has 3 fully saturated rings. The Morgan fingerprint density at radius 1 is 0.879 bits per heavy atom. The zero-order valence-corrected chi connectivity index (χ0v) is 19.0. The number of nitrogens with zero attached hydrogens (tertiary/aromatic N) is 1. The number of hydrogen-bond acceptors (Lipinski definition) is 3. The Morgan fingerprint density at radius 3 is 2.03 bits per heavy atom. The molecule has 2 saturated carbocycles. The van der Waals surface area contributed by atoms with Crippen LogP contribution >= 0.6 is 0 Å². The van der Waals surface area contributed by atoms with Crippen LogP contribution in [0.3, 0.4) is 0 Å². The molecular weight excluding hydrogens is 412 g/mol. The maximum atomic E-state index is 13.6. The Morgan fingerprint density at radius 2 is 1.45 bits per heavy atom. The number of nitrogens with one attached hydrogen (secondary N) is 1. The SMILES string of the molecule is CCc1cccc(CC)c1NC(=O)c1ccccc1N1C(=O)[C@@H]2[C@H]3C=C[C@@H]([C@@H]4C[C@@H]34)[C@@H]2C1=O. The third-order valence-corrected chi connectivity index (χ3v) is 8.29. The van der Waals surface area contributed by atoms with Crippen molar-refractivity contribution in [3.05, 3.63) is 71.3 Å². The molecule has 2 aromatic rings. The lowest BCUT2D eigenvalue weighted by molar-refractivity contribution is -0.124. The number of allylic oxidation sites excluding steroid dienone is 2. The first kappa shape index (κ1) is 20.4. The van der Waals surface area contributed by atoms with Crippen molar-refractivity contribution in [3.8, 4) is 0 Å². The normalized spacial score (nSPS) is 30.9. The largest absolute Gasteiger partial charge is 0.321 e. The second kappa shape index (κ2) is 7.41. The Hall–Kier alpha value is -3.21. The highest BCUT2D eigenvalue weighted by Gasteiger charge is 2.67. The summed E-state index contributed by atoms with van der Waals surface area (Å²) in [6.45, 7) is 4.13. The summed E-state index contributed by atoms with van der Waals surface area (Å²) in [6.07, 6.45) is 7.07. The summed E-state index contributed by atoms with van der Waals surface area (Å²) >= 11 is 0. The molecule has 33 heavy (non-hydrogen) atoms. The van der Waals surface area contributed by atoms with E-state index in [4.69, 9.17) is 0 Å². The van der Waals surface area contributed by atoms with E-state index in [-0.39, 0.29) is 41.4 Å². The molecule has 5 aliphatic rings. The molecule has 1 heterocycles. The van der Waals surface area contributed by atoms with E-state index < -0.39 is 0 Å². The molecule has 2 aromatic carbocycles. The summed E-state index contributed by atoms with van der Waals surface area (Å²) in [5, 5.41) is 3.10. The van der Waals surface area contributed by atoms with E-state index >= 15 is 0 Å². The topological polar surface area (TPSA) is 66.5 Å². The molecule has 2 bridgehead atoms. The first-order valence-electron chi connectivity index (χ1n) is 12.1. The van der Waals surface area contributed by atoms with Gasteiger partial charge in [0, 0.05) is 5.69 Å². The van der Waals surface area contributed by atoms with Crippen LogP contribution in [-0.2, 0) is 22.4 Å². The number of aryl methyl sites for hydroxylation is 2. The molecule has 1 aliphatic heterocycles. The summed E-state index contributed by atoms with van der Waals surface area (Å²) in [4.78, 5) is 42.0. The second-order valence-electron chi connectivity index (χ2n) is 9.80. The Bertz CT molecular complexity index is 1160. The van der Waals surface area contributed by atoms with Gasteiger partial charge in [-0.1, -0.05) is 56.3 Å². The van der Waals surface area contributed by atoms with Crippen LogP contribution < -0.4 is 10.2 Å². The summed E-state index contributed by atoms with van der Waals surface area (Å²) in [6, 6.07) is 13.1. The van der Waals surface area contributed by atoms with Crippen molar-refractivity contribution in [1.82, 2.24) is 0 Å². The van der Waals surface area contributed by atoms with Crippen LogP contribution in [0.25, 0.3) is 0 Å². The van der Waals surface area contributed by atoms with Crippen LogP contribution in [0.15, 0.2) is 54.6 Å². The van der Waals surface area contributed by atoms with E-state index in [1.54, 1.807) is 24.3 Å². The van der Waals surface area contributed by atoms with E-state index in [2.05, 4.69) is 31.3 Å². The lowest BCUT2D eigenvalue weighted by Gasteiger charge is -2.37. The Labute approximate surface area is 193 Å². The third-order valence-electron chi connectivity index (χ3n) is 8.29. The van der Waals surface area contributed by atoms with Gasteiger partial charge >= 0.3 is 0 Å². The number of carbonyl (C=O) groups is 3. The molecule has 1 N–H and O–H groups in total. The minimum absolute atomic E-state index is 0.141. The zero-order chi connectivity index (χ0) is 22.9. The van der Waals surface area contributed by atoms with Crippen LogP contribution in [0, 0.1) is 35.5 Å². The molecule has 1 saturated heterocycles. The van der Waals surface area contributed by atoms with E-state index in [9.17, 15) is 14.4 Å². The van der Waals surface area contributed by atoms with Gasteiger partial charge in [-0.2, -0.15) is 0 Å². The average Bonchev–Trinajstić information content (AvgIpc) is 3.62. The maximum Gasteiger partial charge on any atom is 0.257 e. The second-order valence-corrected chi connectivity index (χ2v) is 9.80. The van der Waals surface area contributed by atoms with Crippen molar-refractivity contribution in [3.63, 3.8) is 0 Å². The predicted octanol–water partition coefficient (Wildman–Crippen LogP) is 4.62. The fraction of sp³-hybridized carbons (Fsp3) is 0.393. The minimum Gasteiger partial charge on any atom is -0.321 e. The first-order chi connectivity index (χ1) is 16.0. The van der Waals surface area contributed by atoms with Gasteiger partial charge in [0.2, 0.25) is 11.8 Å². The highest BCUT2D eigenvalue weighted by molar-refractivity contribution is 6.25. The molecule has 5 nitrogen and oxygen atoms in total. The van der Waals surface area contributed by atoms with Crippen LogP contribution in [0.5, 0.6) is 0 Å². The number of imide groups is 1. The van der Waals surface area contributed by atoms with Gasteiger partial charge in [0.05, 0.1) is 23.1 Å². The first-order valence-corrected chi connectivity index (χ1v) is 12.1. The van der Waals surface area contributed by atoms with Gasteiger partial charge in [0.25, 0.3) is 5.91 Å². The van der Waals surface area contributed by atoms with Gasteiger partial charge < -0.3 is 5.32 Å². The zero-order valence-electron chi connectivity index (χ0n) is 19.0. The monoisotopic (exact) mass is 440 g/mol. The summed E-state index contributed by atoms with van der Waals surface area (Å²) < 4.78 is 0. The van der Waals surface area contributed by atoms with Crippen molar-refractivity contribution < 1.29 is 14.4 Å². The summed E-state index contributed by atoms with van der Waals surface area (Å²) in [7, 11) is 0. The van der Waals surface area contributed by atoms with Gasteiger partial charge in [-0.3, -0.25) is 14.4 Å². The molecule has 0 radical (unpaired) electrons. The minimum atomic E-state index is -0.291. The smallest absolute Gasteiger partial charge is 0.257 e. The maximum absolute atomic E-state index is 13.6. The molecule has 0 unspecified atom stereocenters. The highest BCUT2D eigenvalue weighted by Crippen LogP contribution is 2.65. The van der Waals surface area contributed by atoms with Crippen molar-refractivity contribution in [2.24, 2.45) is 35.5 Å². The highest BCUT2D eigenvalue weighted by atomic mass is 16.2. The number of amides is 3. The van der Waals surface area contributed by atoms with Crippen molar-refractivity contribution in [2.75, 3.05) is 10.2 Å². The van der Waals surface area contributed by atoms with Crippen LogP contribution in [0.2, 0.25) is 0 Å². The fourth-order valence-electron chi connectivity index (χ4n) is 6.64. The molecule has 0 aromatic heterocycles. The quantitative estimate of drug-likeness (QED) is 0.545.